The molecule has 152 valence electrons. The Labute approximate surface area is 169 Å². The monoisotopic (exact) mass is 396 g/mol. The molecule has 1 aromatic heterocycles. The van der Waals surface area contributed by atoms with Gasteiger partial charge in [-0.15, -0.1) is 0 Å². The highest BCUT2D eigenvalue weighted by atomic mass is 16.7. The van der Waals surface area contributed by atoms with Crippen molar-refractivity contribution >= 4 is 11.9 Å². The van der Waals surface area contributed by atoms with E-state index in [4.69, 9.17) is 9.68 Å². The summed E-state index contributed by atoms with van der Waals surface area (Å²) in [6.07, 6.45) is 3.61. The molecule has 0 aliphatic carbocycles. The molecule has 0 radical (unpaired) electrons. The van der Waals surface area contributed by atoms with Gasteiger partial charge in [-0.3, -0.25) is 19.5 Å². The summed E-state index contributed by atoms with van der Waals surface area (Å²) in [7, 11) is 0. The van der Waals surface area contributed by atoms with Crippen LogP contribution in [0.25, 0.3) is 0 Å². The summed E-state index contributed by atoms with van der Waals surface area (Å²) in [5, 5.41) is 1.42. The number of aromatic nitrogens is 1. The van der Waals surface area contributed by atoms with Crippen LogP contribution in [0.15, 0.2) is 54.7 Å². The van der Waals surface area contributed by atoms with E-state index < -0.39 is 6.04 Å². The molecule has 0 unspecified atom stereocenters. The zero-order valence-electron chi connectivity index (χ0n) is 16.1. The number of carbonyl (C=O) groups excluding carboxylic acids is 2. The quantitative estimate of drug-likeness (QED) is 0.546. The van der Waals surface area contributed by atoms with Crippen molar-refractivity contribution in [3.63, 3.8) is 0 Å². The third kappa shape index (κ3) is 4.55. The summed E-state index contributed by atoms with van der Waals surface area (Å²) < 4.78 is 0. The smallest absolute Gasteiger partial charge is 0.309 e. The molecule has 2 aromatic rings. The Morgan fingerprint density at radius 2 is 1.97 bits per heavy atom. The van der Waals surface area contributed by atoms with Crippen molar-refractivity contribution in [2.75, 3.05) is 13.2 Å². The van der Waals surface area contributed by atoms with Gasteiger partial charge in [0.05, 0.1) is 12.6 Å². The van der Waals surface area contributed by atoms with Crippen molar-refractivity contribution in [2.45, 2.75) is 38.0 Å². The van der Waals surface area contributed by atoms with Crippen molar-refractivity contribution in [3.05, 3.63) is 66.0 Å². The van der Waals surface area contributed by atoms with E-state index in [2.05, 4.69) is 10.5 Å². The first-order valence-electron chi connectivity index (χ1n) is 9.80. The van der Waals surface area contributed by atoms with E-state index in [-0.39, 0.29) is 18.0 Å². The average molecular weight is 396 g/mol. The number of piperidine rings is 1. The minimum atomic E-state index is -0.543. The van der Waals surface area contributed by atoms with Gasteiger partial charge in [-0.25, -0.2) is 10.3 Å². The fourth-order valence-corrected chi connectivity index (χ4v) is 3.68. The Kier molecular flexibility index (Phi) is 6.02. The van der Waals surface area contributed by atoms with Gasteiger partial charge in [0.15, 0.2) is 0 Å². The number of benzene rings is 1. The molecule has 0 saturated carbocycles. The Morgan fingerprint density at radius 3 is 2.76 bits per heavy atom. The highest BCUT2D eigenvalue weighted by Crippen LogP contribution is 2.30. The van der Waals surface area contributed by atoms with Crippen LogP contribution in [0, 0.1) is 0 Å². The van der Waals surface area contributed by atoms with E-state index in [1.165, 1.54) is 5.06 Å². The molecule has 8 heteroatoms. The molecule has 0 spiro atoms. The summed E-state index contributed by atoms with van der Waals surface area (Å²) in [4.78, 5) is 42.1. The Balaban J connectivity index is 1.26. The first-order chi connectivity index (χ1) is 14.2. The third-order valence-electron chi connectivity index (χ3n) is 5.20. The fourth-order valence-electron chi connectivity index (χ4n) is 3.68. The van der Waals surface area contributed by atoms with Crippen molar-refractivity contribution in [3.8, 4) is 0 Å². The highest BCUT2D eigenvalue weighted by Gasteiger charge is 2.48. The van der Waals surface area contributed by atoms with E-state index in [1.807, 2.05) is 48.5 Å². The Bertz CT molecular complexity index is 833. The highest BCUT2D eigenvalue weighted by molar-refractivity contribution is 5.88. The van der Waals surface area contributed by atoms with Gasteiger partial charge in [-0.05, 0) is 30.5 Å². The molecule has 2 atom stereocenters. The Hall–Kier alpha value is -2.97. The number of hydrogen-bond donors (Lipinski definition) is 1. The number of urea groups is 1. The molecular weight excluding hydrogens is 372 g/mol. The molecule has 2 aliphatic rings. The molecule has 2 saturated heterocycles. The molecule has 2 fully saturated rings. The summed E-state index contributed by atoms with van der Waals surface area (Å²) in [5.74, 6) is -0.303. The van der Waals surface area contributed by atoms with E-state index in [9.17, 15) is 9.59 Å². The van der Waals surface area contributed by atoms with Crippen LogP contribution in [0.5, 0.6) is 0 Å². The van der Waals surface area contributed by atoms with Gasteiger partial charge in [0.2, 0.25) is 0 Å². The summed E-state index contributed by atoms with van der Waals surface area (Å²) in [6, 6.07) is 14.5. The molecule has 1 N–H and O–H groups in total. The number of amides is 3. The maximum absolute atomic E-state index is 12.7. The summed E-state index contributed by atoms with van der Waals surface area (Å²) in [5.41, 5.74) is 4.36. The SMILES string of the molecule is O=C(NOCCc1ccccn1)[C@@H]1CC[C@@H]2CN1C(=O)N2OCc1ccccc1. The minimum absolute atomic E-state index is 0.0275. The lowest BCUT2D eigenvalue weighted by Gasteiger charge is -2.28. The first-order valence-corrected chi connectivity index (χ1v) is 9.80. The minimum Gasteiger partial charge on any atom is -0.309 e. The largest absolute Gasteiger partial charge is 0.345 e. The summed E-state index contributed by atoms with van der Waals surface area (Å²) in [6.45, 7) is 1.13. The molecule has 1 aromatic carbocycles. The van der Waals surface area contributed by atoms with Crippen LogP contribution in [-0.2, 0) is 27.5 Å². The maximum Gasteiger partial charge on any atom is 0.345 e. The zero-order chi connectivity index (χ0) is 20.1. The standard InChI is InChI=1S/C21H24N4O4/c26-20(23-28-13-11-17-8-4-5-12-22-17)19-10-9-18-14-24(19)21(27)25(18)29-15-16-6-2-1-3-7-16/h1-8,12,18-19H,9-11,13-15H2,(H,23,26)/t18-,19+/m1/s1. The normalized spacial score (nSPS) is 20.8. The van der Waals surface area contributed by atoms with Crippen LogP contribution in [0.4, 0.5) is 4.79 Å². The van der Waals surface area contributed by atoms with E-state index in [1.54, 1.807) is 11.1 Å². The van der Waals surface area contributed by atoms with Crippen molar-refractivity contribution < 1.29 is 19.3 Å². The van der Waals surface area contributed by atoms with E-state index in [0.717, 1.165) is 11.3 Å². The number of nitrogens with zero attached hydrogens (tertiary/aromatic N) is 3. The molecule has 4 rings (SSSR count). The molecular formula is C21H24N4O4. The number of hydroxylamine groups is 3. The topological polar surface area (TPSA) is 84.0 Å². The van der Waals surface area contributed by atoms with Gasteiger partial charge >= 0.3 is 6.03 Å². The van der Waals surface area contributed by atoms with Crippen LogP contribution in [-0.4, -0.2) is 52.1 Å². The predicted octanol–water partition coefficient (Wildman–Crippen LogP) is 2.07. The van der Waals surface area contributed by atoms with Gasteiger partial charge < -0.3 is 4.90 Å². The van der Waals surface area contributed by atoms with Gasteiger partial charge in [0, 0.05) is 24.9 Å². The second-order valence-electron chi connectivity index (χ2n) is 7.15. The second-order valence-corrected chi connectivity index (χ2v) is 7.15. The lowest BCUT2D eigenvalue weighted by atomic mass is 10.0. The number of pyridine rings is 1. The van der Waals surface area contributed by atoms with Gasteiger partial charge in [-0.2, -0.15) is 5.06 Å². The predicted molar refractivity (Wildman–Crippen MR) is 104 cm³/mol. The number of hydrogen-bond acceptors (Lipinski definition) is 5. The summed E-state index contributed by atoms with van der Waals surface area (Å²) >= 11 is 0. The number of nitrogens with one attached hydrogen (secondary N) is 1. The Morgan fingerprint density at radius 1 is 1.14 bits per heavy atom. The van der Waals surface area contributed by atoms with Gasteiger partial charge in [0.1, 0.15) is 12.6 Å². The van der Waals surface area contributed by atoms with Crippen LogP contribution < -0.4 is 5.48 Å². The van der Waals surface area contributed by atoms with Crippen LogP contribution in [0.3, 0.4) is 0 Å². The molecule has 3 amide bonds. The zero-order valence-corrected chi connectivity index (χ0v) is 16.1. The van der Waals surface area contributed by atoms with E-state index >= 15 is 0 Å². The maximum atomic E-state index is 12.7. The van der Waals surface area contributed by atoms with Gasteiger partial charge in [-0.1, -0.05) is 36.4 Å². The van der Waals surface area contributed by atoms with Crippen LogP contribution in [0.1, 0.15) is 24.1 Å². The second kappa shape index (κ2) is 9.02. The number of rotatable bonds is 8. The van der Waals surface area contributed by atoms with E-state index in [0.29, 0.717) is 39.0 Å². The molecule has 2 bridgehead atoms. The van der Waals surface area contributed by atoms with Crippen molar-refractivity contribution in [1.82, 2.24) is 20.4 Å². The lowest BCUT2D eigenvalue weighted by Crippen LogP contribution is -2.49. The average Bonchev–Trinajstić information content (AvgIpc) is 3.00. The third-order valence-corrected chi connectivity index (χ3v) is 5.20. The molecule has 8 nitrogen and oxygen atoms in total. The van der Waals surface area contributed by atoms with Crippen molar-refractivity contribution in [2.24, 2.45) is 0 Å². The lowest BCUT2D eigenvalue weighted by molar-refractivity contribution is -0.141. The first kappa shape index (κ1) is 19.4. The molecule has 29 heavy (non-hydrogen) atoms. The molecule has 3 heterocycles. The molecule has 2 aliphatic heterocycles. The number of carbonyl (C=O) groups is 2. The van der Waals surface area contributed by atoms with Crippen LogP contribution >= 0.6 is 0 Å². The van der Waals surface area contributed by atoms with Gasteiger partial charge in [0.25, 0.3) is 5.91 Å². The van der Waals surface area contributed by atoms with Crippen LogP contribution in [0.2, 0.25) is 0 Å². The fraction of sp³-hybridized carbons (Fsp3) is 0.381. The van der Waals surface area contributed by atoms with Crippen molar-refractivity contribution in [1.29, 1.82) is 0 Å². The number of fused-ring (bicyclic) bond motifs is 2.